The Balaban J connectivity index is 2.21. The van der Waals surface area contributed by atoms with E-state index in [1.807, 2.05) is 30.0 Å². The van der Waals surface area contributed by atoms with Crippen molar-refractivity contribution in [2.24, 2.45) is 0 Å². The number of hydrogen-bond donors (Lipinski definition) is 1. The van der Waals surface area contributed by atoms with Crippen molar-refractivity contribution < 1.29 is 9.90 Å². The lowest BCUT2D eigenvalue weighted by Crippen LogP contribution is -2.35. The van der Waals surface area contributed by atoms with E-state index in [1.165, 1.54) is 0 Å². The second-order valence-corrected chi connectivity index (χ2v) is 5.27. The molecule has 1 aliphatic heterocycles. The Labute approximate surface area is 112 Å². The summed E-state index contributed by atoms with van der Waals surface area (Å²) in [5.74, 6) is 0.352. The largest absolute Gasteiger partial charge is 0.396 e. The summed E-state index contributed by atoms with van der Waals surface area (Å²) in [6, 6.07) is 5.81. The van der Waals surface area contributed by atoms with Crippen LogP contribution in [-0.2, 0) is 4.79 Å². The van der Waals surface area contributed by atoms with E-state index < -0.39 is 0 Å². The van der Waals surface area contributed by atoms with Crippen LogP contribution in [0, 0.1) is 0 Å². The van der Waals surface area contributed by atoms with Gasteiger partial charge in [0.1, 0.15) is 0 Å². The Morgan fingerprint density at radius 3 is 2.89 bits per heavy atom. The van der Waals surface area contributed by atoms with E-state index in [0.29, 0.717) is 18.0 Å². The van der Waals surface area contributed by atoms with Crippen LogP contribution in [0.25, 0.3) is 0 Å². The molecule has 0 radical (unpaired) electrons. The number of nitrogens with zero attached hydrogens (tertiary/aromatic N) is 1. The van der Waals surface area contributed by atoms with Gasteiger partial charge in [-0.2, -0.15) is 0 Å². The summed E-state index contributed by atoms with van der Waals surface area (Å²) >= 11 is 6.28. The van der Waals surface area contributed by atoms with Gasteiger partial charge in [-0.15, -0.1) is 0 Å². The molecule has 3 nitrogen and oxygen atoms in total. The van der Waals surface area contributed by atoms with Crippen LogP contribution in [0.4, 0.5) is 5.69 Å². The standard InChI is InChI=1S/C14H18ClNO2/c1-10(9-17)11-4-5-14(13(15)7-11)16-6-2-3-12(18)8-16/h4-5,7,10,17H,2-3,6,8-9H2,1H3. The summed E-state index contributed by atoms with van der Waals surface area (Å²) in [7, 11) is 0. The second kappa shape index (κ2) is 5.72. The number of carbonyl (C=O) groups is 1. The molecule has 1 N–H and O–H groups in total. The number of halogens is 1. The highest BCUT2D eigenvalue weighted by atomic mass is 35.5. The number of benzene rings is 1. The number of anilines is 1. The summed E-state index contributed by atoms with van der Waals surface area (Å²) in [6.07, 6.45) is 1.57. The predicted molar refractivity (Wildman–Crippen MR) is 73.4 cm³/mol. The van der Waals surface area contributed by atoms with Gasteiger partial charge in [0, 0.05) is 25.5 Å². The zero-order valence-electron chi connectivity index (χ0n) is 10.5. The van der Waals surface area contributed by atoms with Crippen LogP contribution in [0.1, 0.15) is 31.2 Å². The van der Waals surface area contributed by atoms with Gasteiger partial charge >= 0.3 is 0 Å². The number of carbonyl (C=O) groups excluding carboxylic acids is 1. The Bertz CT molecular complexity index is 447. The first-order valence-electron chi connectivity index (χ1n) is 6.28. The third-order valence-electron chi connectivity index (χ3n) is 3.41. The van der Waals surface area contributed by atoms with Crippen LogP contribution in [-0.4, -0.2) is 30.6 Å². The molecule has 98 valence electrons. The Kier molecular flexibility index (Phi) is 4.25. The van der Waals surface area contributed by atoms with Crippen molar-refractivity contribution in [3.8, 4) is 0 Å². The SMILES string of the molecule is CC(CO)c1ccc(N2CCCC(=O)C2)c(Cl)c1. The van der Waals surface area contributed by atoms with Gasteiger partial charge in [-0.05, 0) is 24.1 Å². The molecule has 1 saturated heterocycles. The molecule has 1 aromatic rings. The molecule has 0 amide bonds. The molecule has 0 spiro atoms. The molecule has 0 saturated carbocycles. The maximum atomic E-state index is 11.5. The first-order valence-corrected chi connectivity index (χ1v) is 6.66. The van der Waals surface area contributed by atoms with E-state index in [4.69, 9.17) is 16.7 Å². The highest BCUT2D eigenvalue weighted by molar-refractivity contribution is 6.33. The van der Waals surface area contributed by atoms with Crippen molar-refractivity contribution >= 4 is 23.1 Å². The molecule has 1 atom stereocenters. The first-order chi connectivity index (χ1) is 8.61. The fourth-order valence-corrected chi connectivity index (χ4v) is 2.54. The average molecular weight is 268 g/mol. The smallest absolute Gasteiger partial charge is 0.152 e. The van der Waals surface area contributed by atoms with E-state index in [-0.39, 0.29) is 18.3 Å². The molecule has 1 heterocycles. The van der Waals surface area contributed by atoms with Gasteiger partial charge in [0.25, 0.3) is 0 Å². The van der Waals surface area contributed by atoms with Crippen molar-refractivity contribution in [1.29, 1.82) is 0 Å². The zero-order valence-corrected chi connectivity index (χ0v) is 11.3. The number of piperidine rings is 1. The lowest BCUT2D eigenvalue weighted by molar-refractivity contribution is -0.118. The molecule has 2 rings (SSSR count). The third kappa shape index (κ3) is 2.85. The van der Waals surface area contributed by atoms with Crippen molar-refractivity contribution in [2.45, 2.75) is 25.7 Å². The van der Waals surface area contributed by atoms with Crippen LogP contribution in [0.2, 0.25) is 5.02 Å². The van der Waals surface area contributed by atoms with Gasteiger partial charge in [-0.1, -0.05) is 24.6 Å². The van der Waals surface area contributed by atoms with E-state index in [9.17, 15) is 4.79 Å². The van der Waals surface area contributed by atoms with Crippen molar-refractivity contribution in [3.05, 3.63) is 28.8 Å². The van der Waals surface area contributed by atoms with Gasteiger partial charge in [-0.3, -0.25) is 4.79 Å². The summed E-state index contributed by atoms with van der Waals surface area (Å²) in [6.45, 7) is 3.39. The van der Waals surface area contributed by atoms with Crippen LogP contribution in [0.15, 0.2) is 18.2 Å². The molecule has 0 bridgehead atoms. The van der Waals surface area contributed by atoms with Gasteiger partial charge in [0.05, 0.1) is 17.3 Å². The molecule has 1 fully saturated rings. The van der Waals surface area contributed by atoms with E-state index in [2.05, 4.69) is 0 Å². The summed E-state index contributed by atoms with van der Waals surface area (Å²) in [5.41, 5.74) is 1.94. The normalized spacial score (nSPS) is 17.9. The minimum Gasteiger partial charge on any atom is -0.396 e. The molecule has 1 unspecified atom stereocenters. The molecule has 18 heavy (non-hydrogen) atoms. The Morgan fingerprint density at radius 1 is 1.50 bits per heavy atom. The molecule has 4 heteroatoms. The lowest BCUT2D eigenvalue weighted by atomic mass is 10.0. The Hall–Kier alpha value is -1.06. The zero-order chi connectivity index (χ0) is 13.1. The quantitative estimate of drug-likeness (QED) is 0.915. The Morgan fingerprint density at radius 2 is 2.28 bits per heavy atom. The van der Waals surface area contributed by atoms with Gasteiger partial charge in [0.15, 0.2) is 5.78 Å². The van der Waals surface area contributed by atoms with Gasteiger partial charge in [-0.25, -0.2) is 0 Å². The fourth-order valence-electron chi connectivity index (χ4n) is 2.24. The first kappa shape index (κ1) is 13.4. The summed E-state index contributed by atoms with van der Waals surface area (Å²) < 4.78 is 0. The highest BCUT2D eigenvalue weighted by Gasteiger charge is 2.19. The lowest BCUT2D eigenvalue weighted by Gasteiger charge is -2.29. The number of rotatable bonds is 3. The summed E-state index contributed by atoms with van der Waals surface area (Å²) in [4.78, 5) is 13.5. The minimum absolute atomic E-state index is 0.0829. The number of aliphatic hydroxyl groups excluding tert-OH is 1. The second-order valence-electron chi connectivity index (χ2n) is 4.86. The topological polar surface area (TPSA) is 40.5 Å². The van der Waals surface area contributed by atoms with Crippen molar-refractivity contribution in [1.82, 2.24) is 0 Å². The monoisotopic (exact) mass is 267 g/mol. The highest BCUT2D eigenvalue weighted by Crippen LogP contribution is 2.30. The molecule has 0 aliphatic carbocycles. The van der Waals surface area contributed by atoms with Crippen molar-refractivity contribution in [3.63, 3.8) is 0 Å². The summed E-state index contributed by atoms with van der Waals surface area (Å²) in [5, 5.41) is 9.79. The minimum atomic E-state index is 0.0829. The molecular formula is C14H18ClNO2. The fraction of sp³-hybridized carbons (Fsp3) is 0.500. The number of hydrogen-bond acceptors (Lipinski definition) is 3. The van der Waals surface area contributed by atoms with Crippen LogP contribution in [0.3, 0.4) is 0 Å². The number of ketones is 1. The van der Waals surface area contributed by atoms with E-state index >= 15 is 0 Å². The van der Waals surface area contributed by atoms with E-state index in [1.54, 1.807) is 0 Å². The average Bonchev–Trinajstić information content (AvgIpc) is 2.37. The van der Waals surface area contributed by atoms with Crippen LogP contribution in [0.5, 0.6) is 0 Å². The number of aliphatic hydroxyl groups is 1. The molecule has 1 aromatic carbocycles. The van der Waals surface area contributed by atoms with Gasteiger partial charge in [0.2, 0.25) is 0 Å². The molecule has 0 aromatic heterocycles. The van der Waals surface area contributed by atoms with Crippen molar-refractivity contribution in [2.75, 3.05) is 24.6 Å². The van der Waals surface area contributed by atoms with Crippen LogP contribution >= 0.6 is 11.6 Å². The molecule has 1 aliphatic rings. The van der Waals surface area contributed by atoms with Gasteiger partial charge < -0.3 is 10.0 Å². The number of Topliss-reactive ketones (excluding diaryl/α,β-unsaturated/α-hetero) is 1. The maximum absolute atomic E-state index is 11.5. The van der Waals surface area contributed by atoms with Crippen LogP contribution < -0.4 is 4.90 Å². The third-order valence-corrected chi connectivity index (χ3v) is 3.71. The predicted octanol–water partition coefficient (Wildman–Crippen LogP) is 2.61. The molecular weight excluding hydrogens is 250 g/mol. The maximum Gasteiger partial charge on any atom is 0.152 e. The van der Waals surface area contributed by atoms with E-state index in [0.717, 1.165) is 24.2 Å².